The molecule has 0 N–H and O–H groups in total. The summed E-state index contributed by atoms with van der Waals surface area (Å²) < 4.78 is 11.0. The zero-order valence-corrected chi connectivity index (χ0v) is 15.6. The first-order valence-corrected chi connectivity index (χ1v) is 9.69. The fourth-order valence-electron chi connectivity index (χ4n) is 2.58. The van der Waals surface area contributed by atoms with E-state index in [2.05, 4.69) is 39.4 Å². The van der Waals surface area contributed by atoms with Crippen LogP contribution in [0.3, 0.4) is 0 Å². The van der Waals surface area contributed by atoms with E-state index in [9.17, 15) is 0 Å². The molecule has 0 spiro atoms. The average Bonchev–Trinajstić information content (AvgIpc) is 3.37. The molecule has 27 heavy (non-hydrogen) atoms. The van der Waals surface area contributed by atoms with Gasteiger partial charge in [0.1, 0.15) is 0 Å². The summed E-state index contributed by atoms with van der Waals surface area (Å²) >= 11 is 1.38. The fourth-order valence-corrected chi connectivity index (χ4v) is 3.20. The molecule has 0 atom stereocenters. The molecule has 0 saturated carbocycles. The van der Waals surface area contributed by atoms with Crippen molar-refractivity contribution in [3.8, 4) is 11.4 Å². The Labute approximate surface area is 161 Å². The molecule has 136 valence electrons. The van der Waals surface area contributed by atoms with Gasteiger partial charge in [0.05, 0.1) is 12.2 Å². The quantitative estimate of drug-likeness (QED) is 0.436. The molecule has 2 aromatic heterocycles. The summed E-state index contributed by atoms with van der Waals surface area (Å²) in [6.07, 6.45) is 1.62. The van der Waals surface area contributed by atoms with E-state index in [1.165, 1.54) is 17.3 Å². The van der Waals surface area contributed by atoms with Crippen molar-refractivity contribution >= 4 is 11.8 Å². The van der Waals surface area contributed by atoms with E-state index in [1.807, 2.05) is 42.5 Å². The maximum atomic E-state index is 5.68. The second kappa shape index (κ2) is 8.18. The Balaban J connectivity index is 1.36. The highest BCUT2D eigenvalue weighted by molar-refractivity contribution is 7.98. The minimum Gasteiger partial charge on any atom is -0.416 e. The van der Waals surface area contributed by atoms with Gasteiger partial charge in [-0.05, 0) is 17.5 Å². The Bertz CT molecular complexity index is 996. The highest BCUT2D eigenvalue weighted by Crippen LogP contribution is 2.23. The number of nitrogens with zero attached hydrogens (tertiary/aromatic N) is 4. The summed E-state index contributed by atoms with van der Waals surface area (Å²) in [6, 6.07) is 18.2. The van der Waals surface area contributed by atoms with Crippen molar-refractivity contribution in [3.05, 3.63) is 77.5 Å². The van der Waals surface area contributed by atoms with Gasteiger partial charge in [0.15, 0.2) is 0 Å². The molecular weight excluding hydrogens is 360 g/mol. The van der Waals surface area contributed by atoms with Crippen LogP contribution in [0.4, 0.5) is 0 Å². The molecule has 0 radical (unpaired) electrons. The van der Waals surface area contributed by atoms with Gasteiger partial charge in [0.25, 0.3) is 5.22 Å². The third-order valence-corrected chi connectivity index (χ3v) is 4.86. The van der Waals surface area contributed by atoms with E-state index in [0.717, 1.165) is 17.5 Å². The van der Waals surface area contributed by atoms with E-state index < -0.39 is 0 Å². The first kappa shape index (κ1) is 17.5. The van der Waals surface area contributed by atoms with Gasteiger partial charge in [0, 0.05) is 5.56 Å². The Morgan fingerprint density at radius 2 is 1.70 bits per heavy atom. The normalized spacial score (nSPS) is 11.0. The number of hydrogen-bond acceptors (Lipinski definition) is 7. The predicted octanol–water partition coefficient (Wildman–Crippen LogP) is 4.57. The molecule has 2 aromatic carbocycles. The number of hydrogen-bond donors (Lipinski definition) is 0. The topological polar surface area (TPSA) is 77.8 Å². The van der Waals surface area contributed by atoms with E-state index in [1.54, 1.807) is 0 Å². The molecule has 7 heteroatoms. The van der Waals surface area contributed by atoms with Crippen LogP contribution in [-0.4, -0.2) is 20.3 Å². The van der Waals surface area contributed by atoms with Crippen LogP contribution in [0.5, 0.6) is 0 Å². The van der Waals surface area contributed by atoms with Crippen molar-refractivity contribution in [3.63, 3.8) is 0 Å². The van der Waals surface area contributed by atoms with Gasteiger partial charge in [-0.25, -0.2) is 0 Å². The number of aryl methyl sites for hydroxylation is 1. The van der Waals surface area contributed by atoms with Gasteiger partial charge < -0.3 is 8.94 Å². The molecule has 0 saturated heterocycles. The molecule has 4 rings (SSSR count). The van der Waals surface area contributed by atoms with Crippen molar-refractivity contribution in [2.24, 2.45) is 0 Å². The van der Waals surface area contributed by atoms with Crippen molar-refractivity contribution in [1.29, 1.82) is 0 Å². The number of thioether (sulfide) groups is 1. The maximum absolute atomic E-state index is 5.68. The molecule has 0 aliphatic rings. The summed E-state index contributed by atoms with van der Waals surface area (Å²) in [5.74, 6) is 2.18. The smallest absolute Gasteiger partial charge is 0.277 e. The van der Waals surface area contributed by atoms with Crippen LogP contribution >= 0.6 is 11.8 Å². The van der Waals surface area contributed by atoms with Crippen molar-refractivity contribution in [2.45, 2.75) is 30.7 Å². The second-order valence-corrected chi connectivity index (χ2v) is 6.90. The Morgan fingerprint density at radius 1 is 0.889 bits per heavy atom. The lowest BCUT2D eigenvalue weighted by atomic mass is 10.1. The zero-order chi connectivity index (χ0) is 18.5. The summed E-state index contributed by atoms with van der Waals surface area (Å²) in [5, 5.41) is 12.7. The first-order valence-electron chi connectivity index (χ1n) is 8.71. The third kappa shape index (κ3) is 4.43. The molecule has 4 aromatic rings. The van der Waals surface area contributed by atoms with Crippen LogP contribution in [-0.2, 0) is 18.6 Å². The standard InChI is InChI=1S/C20H18N4O2S/c1-2-14-8-10-16(11-9-14)19-21-18(26-24-19)13-27-20-23-22-17(25-20)12-15-6-4-3-5-7-15/h3-11H,2,12-13H2,1H3. The maximum Gasteiger partial charge on any atom is 0.277 e. The van der Waals surface area contributed by atoms with Crippen LogP contribution in [0.1, 0.15) is 29.8 Å². The van der Waals surface area contributed by atoms with Crippen LogP contribution in [0.15, 0.2) is 68.8 Å². The Hall–Kier alpha value is -2.93. The average molecular weight is 378 g/mol. The molecule has 0 unspecified atom stereocenters. The van der Waals surface area contributed by atoms with Crippen LogP contribution in [0.2, 0.25) is 0 Å². The summed E-state index contributed by atoms with van der Waals surface area (Å²) in [6.45, 7) is 2.13. The zero-order valence-electron chi connectivity index (χ0n) is 14.8. The third-order valence-electron chi connectivity index (χ3n) is 4.05. The Morgan fingerprint density at radius 3 is 2.48 bits per heavy atom. The lowest BCUT2D eigenvalue weighted by Crippen LogP contribution is -1.87. The Kier molecular flexibility index (Phi) is 5.29. The predicted molar refractivity (Wildman–Crippen MR) is 102 cm³/mol. The number of aromatic nitrogens is 4. The van der Waals surface area contributed by atoms with Gasteiger partial charge in [-0.3, -0.25) is 0 Å². The van der Waals surface area contributed by atoms with Crippen molar-refractivity contribution in [2.75, 3.05) is 0 Å². The molecule has 2 heterocycles. The summed E-state index contributed by atoms with van der Waals surface area (Å²) in [5.41, 5.74) is 3.35. The van der Waals surface area contributed by atoms with Crippen molar-refractivity contribution in [1.82, 2.24) is 20.3 Å². The van der Waals surface area contributed by atoms with Gasteiger partial charge in [-0.15, -0.1) is 10.2 Å². The molecule has 0 aliphatic carbocycles. The lowest BCUT2D eigenvalue weighted by Gasteiger charge is -1.97. The fraction of sp³-hybridized carbons (Fsp3) is 0.200. The van der Waals surface area contributed by atoms with Crippen LogP contribution < -0.4 is 0 Å². The molecule has 0 bridgehead atoms. The largest absolute Gasteiger partial charge is 0.416 e. The minimum absolute atomic E-state index is 0.479. The highest BCUT2D eigenvalue weighted by atomic mass is 32.2. The second-order valence-electron chi connectivity index (χ2n) is 5.97. The monoisotopic (exact) mass is 378 g/mol. The van der Waals surface area contributed by atoms with Gasteiger partial charge in [-0.1, -0.05) is 78.4 Å². The number of rotatable bonds is 7. The summed E-state index contributed by atoms with van der Waals surface area (Å²) in [7, 11) is 0. The minimum atomic E-state index is 0.479. The van der Waals surface area contributed by atoms with E-state index in [-0.39, 0.29) is 0 Å². The van der Waals surface area contributed by atoms with Crippen molar-refractivity contribution < 1.29 is 8.94 Å². The van der Waals surface area contributed by atoms with E-state index in [0.29, 0.717) is 35.0 Å². The van der Waals surface area contributed by atoms with Gasteiger partial charge in [-0.2, -0.15) is 4.98 Å². The molecule has 6 nitrogen and oxygen atoms in total. The van der Waals surface area contributed by atoms with Gasteiger partial charge in [0.2, 0.25) is 17.6 Å². The van der Waals surface area contributed by atoms with Crippen LogP contribution in [0, 0.1) is 0 Å². The molecule has 0 aliphatic heterocycles. The molecular formula is C20H18N4O2S. The summed E-state index contributed by atoms with van der Waals surface area (Å²) in [4.78, 5) is 4.44. The van der Waals surface area contributed by atoms with Crippen LogP contribution in [0.25, 0.3) is 11.4 Å². The molecule has 0 amide bonds. The van der Waals surface area contributed by atoms with Gasteiger partial charge >= 0.3 is 0 Å². The number of benzene rings is 2. The van der Waals surface area contributed by atoms with E-state index >= 15 is 0 Å². The lowest BCUT2D eigenvalue weighted by molar-refractivity contribution is 0.389. The SMILES string of the molecule is CCc1ccc(-c2noc(CSc3nnc(Cc4ccccc4)o3)n2)cc1. The molecule has 0 fully saturated rings. The first-order chi connectivity index (χ1) is 13.3. The van der Waals surface area contributed by atoms with E-state index in [4.69, 9.17) is 8.94 Å². The highest BCUT2D eigenvalue weighted by Gasteiger charge is 2.12.